The number of halogens is 1. The highest BCUT2D eigenvalue weighted by Crippen LogP contribution is 2.27. The summed E-state index contributed by atoms with van der Waals surface area (Å²) in [5.74, 6) is 0.278. The van der Waals surface area contributed by atoms with Crippen LogP contribution in [0.3, 0.4) is 0 Å². The van der Waals surface area contributed by atoms with E-state index >= 15 is 0 Å². The maximum Gasteiger partial charge on any atom is 0.315 e. The van der Waals surface area contributed by atoms with Gasteiger partial charge in [0.15, 0.2) is 0 Å². The molecule has 2 heterocycles. The second-order valence-electron chi connectivity index (χ2n) is 10.1. The summed E-state index contributed by atoms with van der Waals surface area (Å²) >= 11 is 6.04. The van der Waals surface area contributed by atoms with Gasteiger partial charge in [0.05, 0.1) is 17.6 Å². The van der Waals surface area contributed by atoms with Crippen molar-refractivity contribution in [2.24, 2.45) is 5.92 Å². The van der Waals surface area contributed by atoms with Crippen LogP contribution in [0.4, 0.5) is 16.2 Å². The maximum absolute atomic E-state index is 13.6. The van der Waals surface area contributed by atoms with Gasteiger partial charge in [-0.3, -0.25) is 9.52 Å². The van der Waals surface area contributed by atoms with Crippen LogP contribution in [0, 0.1) is 5.92 Å². The fraction of sp³-hybridized carbons (Fsp3) is 0.481. The summed E-state index contributed by atoms with van der Waals surface area (Å²) < 4.78 is 26.2. The number of piperidine rings is 1. The number of hydrogen-bond donors (Lipinski definition) is 4. The van der Waals surface area contributed by atoms with Gasteiger partial charge >= 0.3 is 6.03 Å². The van der Waals surface area contributed by atoms with E-state index in [0.717, 1.165) is 43.4 Å². The molecule has 0 aromatic heterocycles. The molecule has 4 N–H and O–H groups in total. The standard InChI is InChI=1S/C27H37ClN6O4S/c1-39(37,38)32-23-4-2-3-5-25(23)33-14-16-34(17-15-33)26(35)24(18-20-6-8-22(28)9-7-20)31-27(36)30-19-21-10-12-29-13-11-21/h2-9,21,24,29,32H,10-19H2,1H3,(H2,30,31,36). The molecule has 0 saturated carbocycles. The Morgan fingerprint density at radius 1 is 1.03 bits per heavy atom. The fourth-order valence-corrected chi connectivity index (χ4v) is 5.71. The first-order chi connectivity index (χ1) is 18.7. The number of hydrogen-bond acceptors (Lipinski definition) is 6. The molecule has 2 aliphatic heterocycles. The van der Waals surface area contributed by atoms with Crippen LogP contribution in [-0.2, 0) is 21.2 Å². The van der Waals surface area contributed by atoms with Crippen molar-refractivity contribution in [3.63, 3.8) is 0 Å². The lowest BCUT2D eigenvalue weighted by molar-refractivity contribution is -0.133. The Kier molecular flexibility index (Phi) is 9.93. The van der Waals surface area contributed by atoms with Crippen LogP contribution in [0.1, 0.15) is 18.4 Å². The molecule has 0 aliphatic carbocycles. The minimum Gasteiger partial charge on any atom is -0.366 e. The van der Waals surface area contributed by atoms with Gasteiger partial charge in [0.1, 0.15) is 6.04 Å². The summed E-state index contributed by atoms with van der Waals surface area (Å²) in [5, 5.41) is 9.80. The van der Waals surface area contributed by atoms with E-state index in [1.165, 1.54) is 0 Å². The van der Waals surface area contributed by atoms with Gasteiger partial charge in [0, 0.05) is 44.2 Å². The zero-order valence-electron chi connectivity index (χ0n) is 22.2. The zero-order valence-corrected chi connectivity index (χ0v) is 23.7. The van der Waals surface area contributed by atoms with E-state index in [1.807, 2.05) is 24.3 Å². The highest BCUT2D eigenvalue weighted by Gasteiger charge is 2.30. The Morgan fingerprint density at radius 3 is 2.36 bits per heavy atom. The van der Waals surface area contributed by atoms with E-state index in [4.69, 9.17) is 11.6 Å². The van der Waals surface area contributed by atoms with Crippen molar-refractivity contribution in [1.82, 2.24) is 20.9 Å². The lowest BCUT2D eigenvalue weighted by atomic mass is 9.98. The van der Waals surface area contributed by atoms with E-state index in [2.05, 4.69) is 25.6 Å². The number of para-hydroxylation sites is 2. The van der Waals surface area contributed by atoms with Crippen LogP contribution >= 0.6 is 11.6 Å². The number of piperazine rings is 1. The molecule has 4 rings (SSSR count). The van der Waals surface area contributed by atoms with Crippen LogP contribution in [0.5, 0.6) is 0 Å². The first kappa shape index (κ1) is 29.0. The van der Waals surface area contributed by atoms with Gasteiger partial charge in [-0.05, 0) is 61.7 Å². The number of carbonyl (C=O) groups excluding carboxylic acids is 2. The molecular weight excluding hydrogens is 540 g/mol. The third-order valence-electron chi connectivity index (χ3n) is 7.10. The van der Waals surface area contributed by atoms with Crippen molar-refractivity contribution in [1.29, 1.82) is 0 Å². The summed E-state index contributed by atoms with van der Waals surface area (Å²) in [6.07, 6.45) is 3.50. The second kappa shape index (κ2) is 13.4. The largest absolute Gasteiger partial charge is 0.366 e. The molecule has 2 aliphatic rings. The molecule has 2 fully saturated rings. The van der Waals surface area contributed by atoms with Crippen LogP contribution < -0.4 is 25.6 Å². The topological polar surface area (TPSA) is 123 Å². The average molecular weight is 577 g/mol. The molecular formula is C27H37ClN6O4S. The van der Waals surface area contributed by atoms with Crippen molar-refractivity contribution in [3.05, 3.63) is 59.1 Å². The van der Waals surface area contributed by atoms with E-state index in [9.17, 15) is 18.0 Å². The number of anilines is 2. The molecule has 39 heavy (non-hydrogen) atoms. The highest BCUT2D eigenvalue weighted by molar-refractivity contribution is 7.92. The minimum atomic E-state index is -3.43. The summed E-state index contributed by atoms with van der Waals surface area (Å²) in [6, 6.07) is 13.4. The van der Waals surface area contributed by atoms with Crippen molar-refractivity contribution in [2.75, 3.05) is 61.7 Å². The Labute approximate surface area is 235 Å². The quantitative estimate of drug-likeness (QED) is 0.363. The van der Waals surface area contributed by atoms with E-state index in [-0.39, 0.29) is 11.9 Å². The van der Waals surface area contributed by atoms with Gasteiger partial charge in [-0.25, -0.2) is 13.2 Å². The van der Waals surface area contributed by atoms with Gasteiger partial charge in [0.25, 0.3) is 0 Å². The van der Waals surface area contributed by atoms with Crippen molar-refractivity contribution < 1.29 is 18.0 Å². The molecule has 0 spiro atoms. The number of sulfonamides is 1. The van der Waals surface area contributed by atoms with Gasteiger partial charge < -0.3 is 25.8 Å². The SMILES string of the molecule is CS(=O)(=O)Nc1ccccc1N1CCN(C(=O)C(Cc2ccc(Cl)cc2)NC(=O)NCC2CCNCC2)CC1. The Morgan fingerprint density at radius 2 is 1.69 bits per heavy atom. The monoisotopic (exact) mass is 576 g/mol. The molecule has 2 aromatic rings. The zero-order chi connectivity index (χ0) is 27.8. The number of nitrogens with one attached hydrogen (secondary N) is 4. The number of amides is 3. The lowest BCUT2D eigenvalue weighted by Gasteiger charge is -2.38. The predicted octanol–water partition coefficient (Wildman–Crippen LogP) is 2.27. The molecule has 12 heteroatoms. The van der Waals surface area contributed by atoms with Gasteiger partial charge in [-0.2, -0.15) is 0 Å². The first-order valence-electron chi connectivity index (χ1n) is 13.3. The predicted molar refractivity (Wildman–Crippen MR) is 155 cm³/mol. The molecule has 0 bridgehead atoms. The molecule has 10 nitrogen and oxygen atoms in total. The molecule has 0 radical (unpaired) electrons. The third-order valence-corrected chi connectivity index (χ3v) is 7.94. The van der Waals surface area contributed by atoms with Crippen molar-refractivity contribution >= 4 is 44.9 Å². The number of urea groups is 1. The number of nitrogens with zero attached hydrogens (tertiary/aromatic N) is 2. The van der Waals surface area contributed by atoms with E-state index in [1.54, 1.807) is 29.2 Å². The van der Waals surface area contributed by atoms with Crippen molar-refractivity contribution in [3.8, 4) is 0 Å². The van der Waals surface area contributed by atoms with Gasteiger partial charge in [-0.1, -0.05) is 35.9 Å². The molecule has 2 saturated heterocycles. The Balaban J connectivity index is 1.40. The smallest absolute Gasteiger partial charge is 0.315 e. The first-order valence-corrected chi connectivity index (χ1v) is 15.5. The number of benzene rings is 2. The normalized spacial score (nSPS) is 17.4. The molecule has 1 atom stereocenters. The van der Waals surface area contributed by atoms with E-state index in [0.29, 0.717) is 55.8 Å². The summed E-state index contributed by atoms with van der Waals surface area (Å²) in [6.45, 7) is 4.43. The van der Waals surface area contributed by atoms with Crippen LogP contribution in [0.2, 0.25) is 5.02 Å². The second-order valence-corrected chi connectivity index (χ2v) is 12.3. The highest BCUT2D eigenvalue weighted by atomic mass is 35.5. The molecule has 212 valence electrons. The molecule has 3 amide bonds. The van der Waals surface area contributed by atoms with E-state index < -0.39 is 16.1 Å². The minimum absolute atomic E-state index is 0.149. The maximum atomic E-state index is 13.6. The van der Waals surface area contributed by atoms with Crippen LogP contribution in [0.15, 0.2) is 48.5 Å². The third kappa shape index (κ3) is 8.74. The fourth-order valence-electron chi connectivity index (χ4n) is 5.01. The van der Waals surface area contributed by atoms with Crippen LogP contribution in [0.25, 0.3) is 0 Å². The van der Waals surface area contributed by atoms with Crippen molar-refractivity contribution in [2.45, 2.75) is 25.3 Å². The Hall–Kier alpha value is -3.02. The lowest BCUT2D eigenvalue weighted by Crippen LogP contribution is -2.57. The van der Waals surface area contributed by atoms with Crippen LogP contribution in [-0.4, -0.2) is 83.4 Å². The Bertz CT molecular complexity index is 1230. The molecule has 2 aromatic carbocycles. The summed E-state index contributed by atoms with van der Waals surface area (Å²) in [7, 11) is -3.43. The number of rotatable bonds is 9. The summed E-state index contributed by atoms with van der Waals surface area (Å²) in [5.41, 5.74) is 2.17. The van der Waals surface area contributed by atoms with Gasteiger partial charge in [0.2, 0.25) is 15.9 Å². The number of carbonyl (C=O) groups is 2. The summed E-state index contributed by atoms with van der Waals surface area (Å²) in [4.78, 5) is 30.3. The average Bonchev–Trinajstić information content (AvgIpc) is 2.92. The molecule has 1 unspecified atom stereocenters. The van der Waals surface area contributed by atoms with Gasteiger partial charge in [-0.15, -0.1) is 0 Å².